The predicted octanol–water partition coefficient (Wildman–Crippen LogP) is 4.29. The van der Waals surface area contributed by atoms with Crippen LogP contribution in [0.25, 0.3) is 0 Å². The molecule has 1 nitrogen and oxygen atoms in total. The number of hydrogen-bond acceptors (Lipinski definition) is 1. The molecule has 0 fully saturated rings. The van der Waals surface area contributed by atoms with E-state index in [4.69, 9.17) is 0 Å². The first kappa shape index (κ1) is 14.0. The number of ketones is 1. The highest BCUT2D eigenvalue weighted by Crippen LogP contribution is 2.19. The fraction of sp³-hybridized carbons (Fsp3) is 0.562. The number of carbonyl (C=O) groups excluding carboxylic acids is 1. The van der Waals surface area contributed by atoms with Gasteiger partial charge < -0.3 is 0 Å². The summed E-state index contributed by atoms with van der Waals surface area (Å²) in [4.78, 5) is 11.6. The van der Waals surface area contributed by atoms with Gasteiger partial charge in [0.25, 0.3) is 0 Å². The summed E-state index contributed by atoms with van der Waals surface area (Å²) in [5, 5.41) is 0. The first-order chi connectivity index (χ1) is 7.90. The molecule has 0 spiro atoms. The Morgan fingerprint density at radius 3 is 2.12 bits per heavy atom. The zero-order chi connectivity index (χ0) is 13.0. The summed E-state index contributed by atoms with van der Waals surface area (Å²) in [7, 11) is 0. The highest BCUT2D eigenvalue weighted by molar-refractivity contribution is 5.95. The van der Waals surface area contributed by atoms with E-state index in [0.717, 1.165) is 18.4 Å². The molecule has 17 heavy (non-hydrogen) atoms. The third kappa shape index (κ3) is 4.33. The molecule has 0 amide bonds. The summed E-state index contributed by atoms with van der Waals surface area (Å²) < 4.78 is 0. The van der Waals surface area contributed by atoms with Gasteiger partial charge in [0.15, 0.2) is 5.78 Å². The van der Waals surface area contributed by atoms with Crippen LogP contribution < -0.4 is 0 Å². The van der Waals surface area contributed by atoms with Gasteiger partial charge in [-0.1, -0.05) is 45.9 Å². The Balaban J connectivity index is 3.05. The van der Waals surface area contributed by atoms with Crippen molar-refractivity contribution in [3.05, 3.63) is 34.9 Å². The summed E-state index contributed by atoms with van der Waals surface area (Å²) in [5.41, 5.74) is 3.46. The van der Waals surface area contributed by atoms with Crippen LogP contribution in [0, 0.1) is 11.8 Å². The van der Waals surface area contributed by atoms with Gasteiger partial charge in [0.1, 0.15) is 0 Å². The molecular formula is C16H24O. The van der Waals surface area contributed by atoms with Gasteiger partial charge in [0.2, 0.25) is 0 Å². The van der Waals surface area contributed by atoms with E-state index in [-0.39, 0.29) is 5.78 Å². The molecule has 0 aliphatic carbocycles. The topological polar surface area (TPSA) is 17.1 Å². The fourth-order valence-electron chi connectivity index (χ4n) is 2.20. The number of carbonyl (C=O) groups is 1. The molecule has 1 aromatic rings. The largest absolute Gasteiger partial charge is 0.295 e. The molecule has 0 aliphatic rings. The third-order valence-corrected chi connectivity index (χ3v) is 2.82. The lowest BCUT2D eigenvalue weighted by Crippen LogP contribution is -2.05. The van der Waals surface area contributed by atoms with Gasteiger partial charge in [-0.25, -0.2) is 0 Å². The molecule has 0 heterocycles. The quantitative estimate of drug-likeness (QED) is 0.692. The standard InChI is InChI=1S/C16H24O/c1-11(2)8-14-6-7-16(13(5)17)15(10-14)9-12(3)4/h6-7,10-12H,8-9H2,1-5H3. The minimum absolute atomic E-state index is 0.178. The van der Waals surface area contributed by atoms with E-state index in [2.05, 4.69) is 39.8 Å². The summed E-state index contributed by atoms with van der Waals surface area (Å²) in [6.07, 6.45) is 2.07. The van der Waals surface area contributed by atoms with Crippen LogP contribution in [-0.4, -0.2) is 5.78 Å². The van der Waals surface area contributed by atoms with Gasteiger partial charge in [-0.3, -0.25) is 4.79 Å². The maximum atomic E-state index is 11.6. The maximum Gasteiger partial charge on any atom is 0.160 e. The second-order valence-electron chi connectivity index (χ2n) is 5.74. The average Bonchev–Trinajstić information content (AvgIpc) is 2.15. The molecule has 94 valence electrons. The predicted molar refractivity (Wildman–Crippen MR) is 73.5 cm³/mol. The normalized spacial score (nSPS) is 11.2. The zero-order valence-electron chi connectivity index (χ0n) is 11.7. The van der Waals surface area contributed by atoms with E-state index in [1.165, 1.54) is 11.1 Å². The van der Waals surface area contributed by atoms with Crippen molar-refractivity contribution >= 4 is 5.78 Å². The van der Waals surface area contributed by atoms with Crippen molar-refractivity contribution in [2.45, 2.75) is 47.5 Å². The minimum Gasteiger partial charge on any atom is -0.295 e. The number of benzene rings is 1. The van der Waals surface area contributed by atoms with Crippen LogP contribution >= 0.6 is 0 Å². The Morgan fingerprint density at radius 2 is 1.65 bits per heavy atom. The van der Waals surface area contributed by atoms with E-state index >= 15 is 0 Å². The van der Waals surface area contributed by atoms with E-state index in [1.54, 1.807) is 6.92 Å². The second-order valence-corrected chi connectivity index (χ2v) is 5.74. The molecule has 0 radical (unpaired) electrons. The van der Waals surface area contributed by atoms with Crippen molar-refractivity contribution in [3.8, 4) is 0 Å². The minimum atomic E-state index is 0.178. The highest BCUT2D eigenvalue weighted by atomic mass is 16.1. The number of hydrogen-bond donors (Lipinski definition) is 0. The van der Waals surface area contributed by atoms with Crippen LogP contribution in [0.1, 0.15) is 56.1 Å². The van der Waals surface area contributed by atoms with Crippen LogP contribution in [0.5, 0.6) is 0 Å². The molecule has 1 aromatic carbocycles. The SMILES string of the molecule is CC(=O)c1ccc(CC(C)C)cc1CC(C)C. The molecular weight excluding hydrogens is 208 g/mol. The molecule has 0 bridgehead atoms. The lowest BCUT2D eigenvalue weighted by Gasteiger charge is -2.13. The van der Waals surface area contributed by atoms with Crippen molar-refractivity contribution < 1.29 is 4.79 Å². The highest BCUT2D eigenvalue weighted by Gasteiger charge is 2.10. The summed E-state index contributed by atoms with van der Waals surface area (Å²) >= 11 is 0. The van der Waals surface area contributed by atoms with E-state index in [0.29, 0.717) is 11.8 Å². The Morgan fingerprint density at radius 1 is 1.06 bits per heavy atom. The maximum absolute atomic E-state index is 11.6. The molecule has 0 saturated heterocycles. The average molecular weight is 232 g/mol. The lowest BCUT2D eigenvalue weighted by molar-refractivity contribution is 0.101. The lowest BCUT2D eigenvalue weighted by atomic mass is 9.92. The fourth-order valence-corrected chi connectivity index (χ4v) is 2.20. The summed E-state index contributed by atoms with van der Waals surface area (Å²) in [6, 6.07) is 6.31. The molecule has 0 atom stereocenters. The smallest absolute Gasteiger partial charge is 0.160 e. The van der Waals surface area contributed by atoms with Gasteiger partial charge in [0.05, 0.1) is 0 Å². The van der Waals surface area contributed by atoms with Gasteiger partial charge in [-0.15, -0.1) is 0 Å². The number of Topliss-reactive ketones (excluding diaryl/α,β-unsaturated/α-hetero) is 1. The first-order valence-electron chi connectivity index (χ1n) is 6.53. The second kappa shape index (κ2) is 6.00. The molecule has 0 unspecified atom stereocenters. The van der Waals surface area contributed by atoms with Crippen LogP contribution in [0.2, 0.25) is 0 Å². The Kier molecular flexibility index (Phi) is 4.92. The molecule has 0 N–H and O–H groups in total. The Bertz CT molecular complexity index is 389. The first-order valence-corrected chi connectivity index (χ1v) is 6.53. The van der Waals surface area contributed by atoms with Crippen LogP contribution in [-0.2, 0) is 12.8 Å². The van der Waals surface area contributed by atoms with Gasteiger partial charge >= 0.3 is 0 Å². The van der Waals surface area contributed by atoms with Crippen molar-refractivity contribution in [2.75, 3.05) is 0 Å². The van der Waals surface area contributed by atoms with Crippen molar-refractivity contribution in [3.63, 3.8) is 0 Å². The van der Waals surface area contributed by atoms with Crippen molar-refractivity contribution in [2.24, 2.45) is 11.8 Å². The van der Waals surface area contributed by atoms with E-state index in [9.17, 15) is 4.79 Å². The van der Waals surface area contributed by atoms with Gasteiger partial charge in [-0.2, -0.15) is 0 Å². The van der Waals surface area contributed by atoms with Crippen molar-refractivity contribution in [1.29, 1.82) is 0 Å². The third-order valence-electron chi connectivity index (χ3n) is 2.82. The van der Waals surface area contributed by atoms with E-state index in [1.807, 2.05) is 6.07 Å². The summed E-state index contributed by atoms with van der Waals surface area (Å²) in [5.74, 6) is 1.42. The molecule has 1 rings (SSSR count). The molecule has 0 aromatic heterocycles. The van der Waals surface area contributed by atoms with E-state index < -0.39 is 0 Å². The summed E-state index contributed by atoms with van der Waals surface area (Å²) in [6.45, 7) is 10.5. The van der Waals surface area contributed by atoms with Crippen LogP contribution in [0.15, 0.2) is 18.2 Å². The Hall–Kier alpha value is -1.11. The Labute approximate surface area is 105 Å². The molecule has 0 aliphatic heterocycles. The monoisotopic (exact) mass is 232 g/mol. The van der Waals surface area contributed by atoms with Gasteiger partial charge in [-0.05, 0) is 42.7 Å². The van der Waals surface area contributed by atoms with Crippen LogP contribution in [0.3, 0.4) is 0 Å². The molecule has 0 saturated carbocycles. The molecule has 1 heteroatoms. The van der Waals surface area contributed by atoms with Crippen LogP contribution in [0.4, 0.5) is 0 Å². The van der Waals surface area contributed by atoms with Crippen molar-refractivity contribution in [1.82, 2.24) is 0 Å². The van der Waals surface area contributed by atoms with Gasteiger partial charge in [0, 0.05) is 5.56 Å². The number of rotatable bonds is 5. The zero-order valence-corrected chi connectivity index (χ0v) is 11.7.